The fourth-order valence-electron chi connectivity index (χ4n) is 2.84. The van der Waals surface area contributed by atoms with E-state index in [-0.39, 0.29) is 18.1 Å². The van der Waals surface area contributed by atoms with Gasteiger partial charge in [0.15, 0.2) is 5.69 Å². The van der Waals surface area contributed by atoms with E-state index in [4.69, 9.17) is 4.74 Å². The van der Waals surface area contributed by atoms with Crippen molar-refractivity contribution in [1.29, 1.82) is 0 Å². The first-order valence-electron chi connectivity index (χ1n) is 8.36. The van der Waals surface area contributed by atoms with Gasteiger partial charge in [-0.2, -0.15) is 10.3 Å². The smallest absolute Gasteiger partial charge is 0.361 e. The van der Waals surface area contributed by atoms with E-state index in [0.29, 0.717) is 23.4 Å². The summed E-state index contributed by atoms with van der Waals surface area (Å²) in [5.74, 6) is -0.887. The van der Waals surface area contributed by atoms with Crippen LogP contribution in [0.3, 0.4) is 0 Å². The first kappa shape index (κ1) is 17.5. The number of H-pyrrole nitrogens is 1. The van der Waals surface area contributed by atoms with Gasteiger partial charge in [0.05, 0.1) is 6.61 Å². The molecule has 0 saturated carbocycles. The molecule has 0 aliphatic carbocycles. The van der Waals surface area contributed by atoms with E-state index in [1.54, 1.807) is 19.1 Å². The number of benzene rings is 1. The molecule has 8 heteroatoms. The summed E-state index contributed by atoms with van der Waals surface area (Å²) in [4.78, 5) is 16.4. The molecule has 1 aliphatic heterocycles. The van der Waals surface area contributed by atoms with Crippen molar-refractivity contribution in [1.82, 2.24) is 25.2 Å². The van der Waals surface area contributed by atoms with E-state index in [9.17, 15) is 9.18 Å². The molecule has 3 rings (SSSR count). The lowest BCUT2D eigenvalue weighted by Gasteiger charge is -2.32. The third-order valence-electron chi connectivity index (χ3n) is 4.33. The number of piperazine rings is 1. The molecule has 0 spiro atoms. The fraction of sp³-hybridized carbons (Fsp3) is 0.471. The first-order chi connectivity index (χ1) is 12.1. The van der Waals surface area contributed by atoms with Gasteiger partial charge in [0.2, 0.25) is 0 Å². The average molecular weight is 347 g/mol. The SMILES string of the molecule is CCOC(=O)c1n[nH]nc1-c1ccc(CN2CCN(C)CC2)c(F)c1. The number of rotatable bonds is 5. The van der Waals surface area contributed by atoms with Crippen LogP contribution < -0.4 is 0 Å². The Morgan fingerprint density at radius 2 is 2.04 bits per heavy atom. The highest BCUT2D eigenvalue weighted by Crippen LogP contribution is 2.23. The lowest BCUT2D eigenvalue weighted by Crippen LogP contribution is -2.44. The monoisotopic (exact) mass is 347 g/mol. The van der Waals surface area contributed by atoms with Crippen molar-refractivity contribution in [3.63, 3.8) is 0 Å². The standard InChI is InChI=1S/C17H22FN5O2/c1-3-25-17(24)16-15(19-21-20-16)12-4-5-13(14(18)10-12)11-23-8-6-22(2)7-9-23/h4-5,10H,3,6-9,11H2,1-2H3,(H,19,20,21). The maximum atomic E-state index is 14.5. The number of ether oxygens (including phenoxy) is 1. The van der Waals surface area contributed by atoms with Gasteiger partial charge >= 0.3 is 5.97 Å². The number of halogens is 1. The Kier molecular flexibility index (Phi) is 5.40. The summed E-state index contributed by atoms with van der Waals surface area (Å²) in [6, 6.07) is 4.90. The predicted octanol–water partition coefficient (Wildman–Crippen LogP) is 1.53. The minimum Gasteiger partial charge on any atom is -0.461 e. The van der Waals surface area contributed by atoms with E-state index in [0.717, 1.165) is 26.2 Å². The van der Waals surface area contributed by atoms with Crippen LogP contribution in [0.15, 0.2) is 18.2 Å². The average Bonchev–Trinajstić information content (AvgIpc) is 3.08. The predicted molar refractivity (Wildman–Crippen MR) is 90.5 cm³/mol. The van der Waals surface area contributed by atoms with Gasteiger partial charge in [-0.25, -0.2) is 9.18 Å². The highest BCUT2D eigenvalue weighted by Gasteiger charge is 2.21. The maximum Gasteiger partial charge on any atom is 0.361 e. The molecule has 1 saturated heterocycles. The van der Waals surface area contributed by atoms with Crippen molar-refractivity contribution in [2.45, 2.75) is 13.5 Å². The molecule has 7 nitrogen and oxygen atoms in total. The van der Waals surface area contributed by atoms with Crippen LogP contribution in [0.25, 0.3) is 11.3 Å². The topological polar surface area (TPSA) is 74.3 Å². The highest BCUT2D eigenvalue weighted by atomic mass is 19.1. The van der Waals surface area contributed by atoms with Crippen LogP contribution in [0.2, 0.25) is 0 Å². The number of nitrogens with zero attached hydrogens (tertiary/aromatic N) is 4. The Balaban J connectivity index is 1.76. The molecule has 0 amide bonds. The first-order valence-corrected chi connectivity index (χ1v) is 8.36. The molecule has 1 N–H and O–H groups in total. The van der Waals surface area contributed by atoms with Crippen molar-refractivity contribution in [2.75, 3.05) is 39.8 Å². The number of carbonyl (C=O) groups is 1. The van der Waals surface area contributed by atoms with Crippen LogP contribution in [-0.4, -0.2) is 71.0 Å². The second-order valence-corrected chi connectivity index (χ2v) is 6.13. The molecule has 2 aromatic rings. The third-order valence-corrected chi connectivity index (χ3v) is 4.33. The molecule has 1 aromatic heterocycles. The lowest BCUT2D eigenvalue weighted by atomic mass is 10.1. The highest BCUT2D eigenvalue weighted by molar-refractivity contribution is 5.93. The van der Waals surface area contributed by atoms with Gasteiger partial charge in [-0.3, -0.25) is 4.90 Å². The van der Waals surface area contributed by atoms with E-state index in [1.165, 1.54) is 6.07 Å². The number of hydrogen-bond acceptors (Lipinski definition) is 6. The van der Waals surface area contributed by atoms with Crippen LogP contribution in [-0.2, 0) is 11.3 Å². The molecule has 0 radical (unpaired) electrons. The molecule has 1 aliphatic rings. The van der Waals surface area contributed by atoms with Gasteiger partial charge in [0.25, 0.3) is 0 Å². The molecule has 25 heavy (non-hydrogen) atoms. The number of carbonyl (C=O) groups excluding carboxylic acids is 1. The second-order valence-electron chi connectivity index (χ2n) is 6.13. The molecule has 0 bridgehead atoms. The number of esters is 1. The summed E-state index contributed by atoms with van der Waals surface area (Å²) < 4.78 is 19.5. The number of likely N-dealkylation sites (N-methyl/N-ethyl adjacent to an activating group) is 1. The van der Waals surface area contributed by atoms with Crippen LogP contribution in [0.1, 0.15) is 23.0 Å². The van der Waals surface area contributed by atoms with Crippen molar-refractivity contribution in [3.8, 4) is 11.3 Å². The molecule has 1 fully saturated rings. The van der Waals surface area contributed by atoms with E-state index >= 15 is 0 Å². The van der Waals surface area contributed by atoms with Gasteiger partial charge in [-0.1, -0.05) is 12.1 Å². The van der Waals surface area contributed by atoms with Gasteiger partial charge in [-0.15, -0.1) is 5.10 Å². The van der Waals surface area contributed by atoms with Crippen LogP contribution in [0, 0.1) is 5.82 Å². The molecular weight excluding hydrogens is 325 g/mol. The summed E-state index contributed by atoms with van der Waals surface area (Å²) in [7, 11) is 2.09. The Labute approximate surface area is 145 Å². The number of aromatic nitrogens is 3. The third kappa shape index (κ3) is 4.02. The fourth-order valence-corrected chi connectivity index (χ4v) is 2.84. The van der Waals surface area contributed by atoms with Gasteiger partial charge in [0, 0.05) is 43.9 Å². The maximum absolute atomic E-state index is 14.5. The Hall–Kier alpha value is -2.32. The molecule has 2 heterocycles. The van der Waals surface area contributed by atoms with Gasteiger partial charge in [-0.05, 0) is 20.0 Å². The molecule has 1 aromatic carbocycles. The van der Waals surface area contributed by atoms with Crippen molar-refractivity contribution in [2.24, 2.45) is 0 Å². The largest absolute Gasteiger partial charge is 0.461 e. The summed E-state index contributed by atoms with van der Waals surface area (Å²) in [6.45, 7) is 6.35. The van der Waals surface area contributed by atoms with Gasteiger partial charge in [0.1, 0.15) is 11.5 Å². The summed E-state index contributed by atoms with van der Waals surface area (Å²) in [5.41, 5.74) is 1.49. The Morgan fingerprint density at radius 1 is 1.28 bits per heavy atom. The van der Waals surface area contributed by atoms with Crippen molar-refractivity contribution >= 4 is 5.97 Å². The number of nitrogens with one attached hydrogen (secondary N) is 1. The molecular formula is C17H22FN5O2. The zero-order chi connectivity index (χ0) is 17.8. The minimum atomic E-state index is -0.576. The zero-order valence-electron chi connectivity index (χ0n) is 14.5. The quantitative estimate of drug-likeness (QED) is 0.827. The van der Waals surface area contributed by atoms with E-state index < -0.39 is 5.97 Å². The number of aromatic amines is 1. The lowest BCUT2D eigenvalue weighted by molar-refractivity contribution is 0.0520. The summed E-state index contributed by atoms with van der Waals surface area (Å²) >= 11 is 0. The van der Waals surface area contributed by atoms with Crippen LogP contribution >= 0.6 is 0 Å². The van der Waals surface area contributed by atoms with Gasteiger partial charge < -0.3 is 9.64 Å². The van der Waals surface area contributed by atoms with Crippen molar-refractivity contribution < 1.29 is 13.9 Å². The zero-order valence-corrected chi connectivity index (χ0v) is 14.5. The molecule has 134 valence electrons. The summed E-state index contributed by atoms with van der Waals surface area (Å²) in [5, 5.41) is 10.2. The van der Waals surface area contributed by atoms with Crippen molar-refractivity contribution in [3.05, 3.63) is 35.3 Å². The minimum absolute atomic E-state index is 0.0630. The number of hydrogen-bond donors (Lipinski definition) is 1. The molecule has 0 unspecified atom stereocenters. The van der Waals surface area contributed by atoms with Crippen LogP contribution in [0.5, 0.6) is 0 Å². The molecule has 0 atom stereocenters. The Bertz CT molecular complexity index is 740. The van der Waals surface area contributed by atoms with E-state index in [1.807, 2.05) is 0 Å². The normalized spacial score (nSPS) is 16.1. The Morgan fingerprint density at radius 3 is 2.72 bits per heavy atom. The summed E-state index contributed by atoms with van der Waals surface area (Å²) in [6.07, 6.45) is 0. The second kappa shape index (κ2) is 7.71. The van der Waals surface area contributed by atoms with E-state index in [2.05, 4.69) is 32.3 Å². The van der Waals surface area contributed by atoms with Crippen LogP contribution in [0.4, 0.5) is 4.39 Å².